The van der Waals surface area contributed by atoms with Gasteiger partial charge in [0.25, 0.3) is 0 Å². The molecule has 0 amide bonds. The maximum atomic E-state index is 5.98. The third-order valence-electron chi connectivity index (χ3n) is 3.91. The van der Waals surface area contributed by atoms with E-state index in [0.717, 1.165) is 24.5 Å². The largest absolute Gasteiger partial charge is 0.311 e. The van der Waals surface area contributed by atoms with Crippen molar-refractivity contribution in [3.8, 4) is 0 Å². The Labute approximate surface area is 118 Å². The molecule has 0 saturated heterocycles. The van der Waals surface area contributed by atoms with E-state index >= 15 is 0 Å². The minimum Gasteiger partial charge on any atom is -0.311 e. The molecule has 4 heteroatoms. The Kier molecular flexibility index (Phi) is 3.09. The van der Waals surface area contributed by atoms with Gasteiger partial charge in [-0.05, 0) is 32.3 Å². The van der Waals surface area contributed by atoms with Crippen LogP contribution in [0.15, 0.2) is 30.3 Å². The fourth-order valence-electron chi connectivity index (χ4n) is 2.81. The zero-order valence-corrected chi connectivity index (χ0v) is 12.1. The molecule has 0 unspecified atom stereocenters. The molecule has 100 valence electrons. The van der Waals surface area contributed by atoms with Crippen LogP contribution in [0.3, 0.4) is 0 Å². The third kappa shape index (κ3) is 1.96. The summed E-state index contributed by atoms with van der Waals surface area (Å²) in [6, 6.07) is 10.9. The van der Waals surface area contributed by atoms with Crippen molar-refractivity contribution in [1.29, 1.82) is 0 Å². The van der Waals surface area contributed by atoms with E-state index in [0.29, 0.717) is 11.9 Å². The fourth-order valence-corrected chi connectivity index (χ4v) is 2.99. The second-order valence-electron chi connectivity index (χ2n) is 5.49. The van der Waals surface area contributed by atoms with Gasteiger partial charge in [-0.1, -0.05) is 30.3 Å². The second-order valence-corrected chi connectivity index (χ2v) is 5.75. The monoisotopic (exact) mass is 275 g/mol. The Morgan fingerprint density at radius 2 is 1.89 bits per heavy atom. The van der Waals surface area contributed by atoms with Gasteiger partial charge in [0.05, 0.1) is 11.3 Å². The van der Waals surface area contributed by atoms with E-state index in [1.807, 2.05) is 0 Å². The van der Waals surface area contributed by atoms with Gasteiger partial charge in [0.15, 0.2) is 0 Å². The van der Waals surface area contributed by atoms with E-state index < -0.39 is 0 Å². The van der Waals surface area contributed by atoms with Crippen LogP contribution in [0.5, 0.6) is 0 Å². The van der Waals surface area contributed by atoms with Crippen LogP contribution in [0.4, 0.5) is 0 Å². The van der Waals surface area contributed by atoms with Crippen molar-refractivity contribution < 1.29 is 0 Å². The van der Waals surface area contributed by atoms with Crippen LogP contribution >= 0.6 is 11.6 Å². The Balaban J connectivity index is 2.10. The highest BCUT2D eigenvalue weighted by Gasteiger charge is 2.50. The molecule has 1 fully saturated rings. The quantitative estimate of drug-likeness (QED) is 0.797. The molecular formula is C15H18ClN3. The molecule has 0 spiro atoms. The standard InChI is InChI=1S/C15H18ClN3/c1-11(2)19-13(10-16)17-18-14(19)15(8-9-15)12-6-4-3-5-7-12/h3-7,11H,8-10H2,1-2H3. The normalized spacial score (nSPS) is 16.8. The van der Waals surface area contributed by atoms with Crippen LogP contribution in [0.25, 0.3) is 0 Å². The van der Waals surface area contributed by atoms with Gasteiger partial charge in [-0.25, -0.2) is 0 Å². The maximum absolute atomic E-state index is 5.98. The highest BCUT2D eigenvalue weighted by molar-refractivity contribution is 6.16. The minimum atomic E-state index is 0.0584. The molecule has 0 atom stereocenters. The molecule has 2 aromatic rings. The van der Waals surface area contributed by atoms with E-state index in [4.69, 9.17) is 11.6 Å². The lowest BCUT2D eigenvalue weighted by atomic mass is 9.95. The van der Waals surface area contributed by atoms with Crippen molar-refractivity contribution >= 4 is 11.6 Å². The number of nitrogens with zero attached hydrogens (tertiary/aromatic N) is 3. The van der Waals surface area contributed by atoms with Crippen molar-refractivity contribution in [3.63, 3.8) is 0 Å². The number of aromatic nitrogens is 3. The van der Waals surface area contributed by atoms with Gasteiger partial charge in [0, 0.05) is 6.04 Å². The van der Waals surface area contributed by atoms with E-state index in [2.05, 4.69) is 58.9 Å². The molecule has 0 radical (unpaired) electrons. The van der Waals surface area contributed by atoms with Crippen molar-refractivity contribution in [3.05, 3.63) is 47.5 Å². The molecule has 3 rings (SSSR count). The summed E-state index contributed by atoms with van der Waals surface area (Å²) in [7, 11) is 0. The summed E-state index contributed by atoms with van der Waals surface area (Å²) >= 11 is 5.98. The predicted octanol–water partition coefficient (Wildman–Crippen LogP) is 3.68. The van der Waals surface area contributed by atoms with Gasteiger partial charge in [0.2, 0.25) is 0 Å². The SMILES string of the molecule is CC(C)n1c(CCl)nnc1C1(c2ccccc2)CC1. The van der Waals surface area contributed by atoms with Crippen LogP contribution in [0, 0.1) is 0 Å². The Hall–Kier alpha value is -1.35. The van der Waals surface area contributed by atoms with Crippen LogP contribution in [-0.4, -0.2) is 14.8 Å². The maximum Gasteiger partial charge on any atom is 0.148 e. The van der Waals surface area contributed by atoms with Crippen LogP contribution in [0.1, 0.15) is 49.9 Å². The molecule has 1 saturated carbocycles. The average molecular weight is 276 g/mol. The van der Waals surface area contributed by atoms with Crippen LogP contribution < -0.4 is 0 Å². The van der Waals surface area contributed by atoms with Gasteiger partial charge >= 0.3 is 0 Å². The summed E-state index contributed by atoms with van der Waals surface area (Å²) in [5.74, 6) is 2.36. The van der Waals surface area contributed by atoms with Gasteiger partial charge in [-0.2, -0.15) is 0 Å². The minimum absolute atomic E-state index is 0.0584. The smallest absolute Gasteiger partial charge is 0.148 e. The van der Waals surface area contributed by atoms with E-state index in [1.165, 1.54) is 5.56 Å². The lowest BCUT2D eigenvalue weighted by Crippen LogP contribution is -2.19. The van der Waals surface area contributed by atoms with Crippen molar-refractivity contribution in [2.24, 2.45) is 0 Å². The van der Waals surface area contributed by atoms with Crippen molar-refractivity contribution in [2.75, 3.05) is 0 Å². The summed E-state index contributed by atoms with van der Waals surface area (Å²) in [4.78, 5) is 0. The fraction of sp³-hybridized carbons (Fsp3) is 0.467. The first kappa shape index (κ1) is 12.7. The van der Waals surface area contributed by atoms with Gasteiger partial charge < -0.3 is 4.57 Å². The summed E-state index contributed by atoms with van der Waals surface area (Å²) in [5, 5.41) is 8.72. The highest BCUT2D eigenvalue weighted by Crippen LogP contribution is 2.53. The van der Waals surface area contributed by atoms with Gasteiger partial charge in [-0.15, -0.1) is 21.8 Å². The summed E-state index contributed by atoms with van der Waals surface area (Å²) in [6.07, 6.45) is 2.29. The molecule has 1 aliphatic carbocycles. The first-order valence-electron chi connectivity index (χ1n) is 6.75. The molecular weight excluding hydrogens is 258 g/mol. The van der Waals surface area contributed by atoms with Crippen LogP contribution in [0.2, 0.25) is 0 Å². The number of rotatable bonds is 4. The molecule has 19 heavy (non-hydrogen) atoms. The zero-order chi connectivity index (χ0) is 13.5. The number of alkyl halides is 1. The molecule has 3 nitrogen and oxygen atoms in total. The van der Waals surface area contributed by atoms with E-state index in [9.17, 15) is 0 Å². The number of hydrogen-bond donors (Lipinski definition) is 0. The number of hydrogen-bond acceptors (Lipinski definition) is 2. The molecule has 1 aromatic heterocycles. The molecule has 0 bridgehead atoms. The topological polar surface area (TPSA) is 30.7 Å². The number of benzene rings is 1. The van der Waals surface area contributed by atoms with Crippen molar-refractivity contribution in [2.45, 2.75) is 44.0 Å². The van der Waals surface area contributed by atoms with Crippen molar-refractivity contribution in [1.82, 2.24) is 14.8 Å². The van der Waals surface area contributed by atoms with Gasteiger partial charge in [-0.3, -0.25) is 0 Å². The average Bonchev–Trinajstić information content (AvgIpc) is 3.12. The lowest BCUT2D eigenvalue weighted by Gasteiger charge is -2.20. The van der Waals surface area contributed by atoms with Crippen LogP contribution in [-0.2, 0) is 11.3 Å². The molecule has 1 aromatic carbocycles. The first-order chi connectivity index (χ1) is 9.19. The molecule has 0 aliphatic heterocycles. The summed E-state index contributed by atoms with van der Waals surface area (Å²) in [6.45, 7) is 4.31. The number of halogens is 1. The Bertz CT molecular complexity index is 570. The van der Waals surface area contributed by atoms with E-state index in [-0.39, 0.29) is 5.41 Å². The third-order valence-corrected chi connectivity index (χ3v) is 4.15. The Morgan fingerprint density at radius 1 is 1.21 bits per heavy atom. The Morgan fingerprint density at radius 3 is 2.42 bits per heavy atom. The van der Waals surface area contributed by atoms with Gasteiger partial charge in [0.1, 0.15) is 11.6 Å². The summed E-state index contributed by atoms with van der Waals surface area (Å²) in [5.41, 5.74) is 1.40. The zero-order valence-electron chi connectivity index (χ0n) is 11.3. The second kappa shape index (κ2) is 4.64. The lowest BCUT2D eigenvalue weighted by molar-refractivity contribution is 0.530. The van der Waals surface area contributed by atoms with E-state index in [1.54, 1.807) is 0 Å². The highest BCUT2D eigenvalue weighted by atomic mass is 35.5. The first-order valence-corrected chi connectivity index (χ1v) is 7.28. The molecule has 0 N–H and O–H groups in total. The molecule has 1 heterocycles. The predicted molar refractivity (Wildman–Crippen MR) is 76.4 cm³/mol. The molecule has 1 aliphatic rings. The summed E-state index contributed by atoms with van der Waals surface area (Å²) < 4.78 is 2.20.